The summed E-state index contributed by atoms with van der Waals surface area (Å²) in [6, 6.07) is 7.52. The molecule has 2 aromatic rings. The number of aromatic nitrogens is 3. The molecule has 1 fully saturated rings. The molecule has 2 heterocycles. The molecule has 1 atom stereocenters. The zero-order chi connectivity index (χ0) is 13.9. The topological polar surface area (TPSA) is 71.8 Å². The van der Waals surface area contributed by atoms with Gasteiger partial charge >= 0.3 is 0 Å². The van der Waals surface area contributed by atoms with Gasteiger partial charge in [0.25, 0.3) is 0 Å². The first kappa shape index (κ1) is 13.1. The predicted octanol–water partition coefficient (Wildman–Crippen LogP) is 1.08. The number of carbonyl (C=O) groups excluding carboxylic acids is 1. The van der Waals surface area contributed by atoms with Gasteiger partial charge in [-0.2, -0.15) is 0 Å². The monoisotopic (exact) mass is 289 g/mol. The van der Waals surface area contributed by atoms with Crippen molar-refractivity contribution in [2.45, 2.75) is 6.04 Å². The van der Waals surface area contributed by atoms with Crippen molar-refractivity contribution in [3.63, 3.8) is 0 Å². The second-order valence-electron chi connectivity index (χ2n) is 4.61. The van der Waals surface area contributed by atoms with E-state index in [9.17, 15) is 4.79 Å². The van der Waals surface area contributed by atoms with Gasteiger partial charge in [-0.25, -0.2) is 0 Å². The van der Waals surface area contributed by atoms with Crippen LogP contribution in [0.15, 0.2) is 30.6 Å². The van der Waals surface area contributed by atoms with Crippen molar-refractivity contribution < 1.29 is 4.79 Å². The molecule has 2 N–H and O–H groups in total. The first-order valence-electron chi connectivity index (χ1n) is 6.30. The third-order valence-electron chi connectivity index (χ3n) is 3.13. The van der Waals surface area contributed by atoms with E-state index in [1.165, 1.54) is 0 Å². The van der Waals surface area contributed by atoms with Crippen LogP contribution >= 0.6 is 11.8 Å². The summed E-state index contributed by atoms with van der Waals surface area (Å²) in [5, 5.41) is 14.0. The van der Waals surface area contributed by atoms with Crippen molar-refractivity contribution >= 4 is 23.4 Å². The number of hydrogen-bond donors (Lipinski definition) is 2. The first-order valence-corrected chi connectivity index (χ1v) is 7.46. The van der Waals surface area contributed by atoms with E-state index in [-0.39, 0.29) is 11.9 Å². The van der Waals surface area contributed by atoms with Crippen LogP contribution in [0, 0.1) is 0 Å². The maximum absolute atomic E-state index is 12.1. The molecule has 20 heavy (non-hydrogen) atoms. The molecule has 0 spiro atoms. The fourth-order valence-corrected chi connectivity index (χ4v) is 3.02. The Hall–Kier alpha value is -1.86. The minimum atomic E-state index is -0.113. The van der Waals surface area contributed by atoms with E-state index in [1.807, 2.05) is 35.9 Å². The Balaban J connectivity index is 1.78. The average molecular weight is 289 g/mol. The van der Waals surface area contributed by atoms with Gasteiger partial charge in [0, 0.05) is 29.9 Å². The number of amides is 1. The van der Waals surface area contributed by atoms with Crippen LogP contribution in [0.25, 0.3) is 11.4 Å². The van der Waals surface area contributed by atoms with Gasteiger partial charge in [0.15, 0.2) is 5.82 Å². The number of hydrogen-bond acceptors (Lipinski definition) is 5. The van der Waals surface area contributed by atoms with Gasteiger partial charge in [0.2, 0.25) is 5.91 Å². The molecule has 0 radical (unpaired) electrons. The fourth-order valence-electron chi connectivity index (χ4n) is 2.07. The number of aryl methyl sites for hydroxylation is 1. The number of nitrogens with one attached hydrogen (secondary N) is 2. The van der Waals surface area contributed by atoms with Crippen LogP contribution in [0.2, 0.25) is 0 Å². The summed E-state index contributed by atoms with van der Waals surface area (Å²) in [6.07, 6.45) is 1.65. The molecule has 0 bridgehead atoms. The third-order valence-corrected chi connectivity index (χ3v) is 4.07. The van der Waals surface area contributed by atoms with E-state index in [2.05, 4.69) is 20.8 Å². The van der Waals surface area contributed by atoms with E-state index < -0.39 is 0 Å². The highest BCUT2D eigenvalue weighted by Gasteiger charge is 2.22. The Morgan fingerprint density at radius 3 is 3.15 bits per heavy atom. The summed E-state index contributed by atoms with van der Waals surface area (Å²) in [5.41, 5.74) is 1.70. The van der Waals surface area contributed by atoms with Crippen LogP contribution in [0.1, 0.15) is 0 Å². The van der Waals surface area contributed by atoms with E-state index in [1.54, 1.807) is 18.1 Å². The number of anilines is 1. The minimum Gasteiger partial charge on any atom is -0.325 e. The summed E-state index contributed by atoms with van der Waals surface area (Å²) in [5.74, 6) is 2.42. The Morgan fingerprint density at radius 2 is 2.45 bits per heavy atom. The number of benzene rings is 1. The van der Waals surface area contributed by atoms with Gasteiger partial charge in [-0.05, 0) is 12.1 Å². The molecule has 1 aliphatic rings. The number of carbonyl (C=O) groups is 1. The van der Waals surface area contributed by atoms with E-state index in [4.69, 9.17) is 0 Å². The molecule has 1 aromatic heterocycles. The van der Waals surface area contributed by atoms with Crippen molar-refractivity contribution in [1.82, 2.24) is 20.1 Å². The van der Waals surface area contributed by atoms with Gasteiger partial charge in [-0.3, -0.25) is 10.1 Å². The van der Waals surface area contributed by atoms with Gasteiger partial charge < -0.3 is 9.88 Å². The maximum Gasteiger partial charge on any atom is 0.242 e. The molecule has 3 rings (SSSR count). The minimum absolute atomic E-state index is 0.00474. The molecule has 7 heteroatoms. The highest BCUT2D eigenvalue weighted by molar-refractivity contribution is 7.99. The molecule has 6 nitrogen and oxygen atoms in total. The Bertz CT molecular complexity index is 621. The fraction of sp³-hybridized carbons (Fsp3) is 0.308. The van der Waals surface area contributed by atoms with Crippen molar-refractivity contribution in [2.24, 2.45) is 7.05 Å². The van der Waals surface area contributed by atoms with Crippen molar-refractivity contribution in [1.29, 1.82) is 0 Å². The molecule has 0 saturated carbocycles. The van der Waals surface area contributed by atoms with Crippen molar-refractivity contribution in [3.8, 4) is 11.4 Å². The molecule has 1 unspecified atom stereocenters. The van der Waals surface area contributed by atoms with Crippen molar-refractivity contribution in [2.75, 3.05) is 16.9 Å². The van der Waals surface area contributed by atoms with Crippen LogP contribution in [0.4, 0.5) is 5.69 Å². The standard InChI is InChI=1S/C13H15N5OS/c1-18-7-15-17-12(18)9-3-2-4-10(5-9)16-13(19)11-6-20-8-14-11/h2-5,7,11,14H,6,8H2,1H3,(H,16,19). The Kier molecular flexibility index (Phi) is 3.70. The summed E-state index contributed by atoms with van der Waals surface area (Å²) >= 11 is 1.73. The molecule has 1 amide bonds. The van der Waals surface area contributed by atoms with Crippen LogP contribution in [0.3, 0.4) is 0 Å². The second-order valence-corrected chi connectivity index (χ2v) is 5.64. The predicted molar refractivity (Wildman–Crippen MR) is 79.3 cm³/mol. The SMILES string of the molecule is Cn1cnnc1-c1cccc(NC(=O)C2CSCN2)c1. The van der Waals surface area contributed by atoms with Crippen LogP contribution in [0.5, 0.6) is 0 Å². The first-order chi connectivity index (χ1) is 9.74. The van der Waals surface area contributed by atoms with E-state index in [0.717, 1.165) is 28.7 Å². The number of nitrogens with zero attached hydrogens (tertiary/aromatic N) is 3. The van der Waals surface area contributed by atoms with Gasteiger partial charge in [-0.15, -0.1) is 22.0 Å². The molecular weight excluding hydrogens is 274 g/mol. The van der Waals surface area contributed by atoms with Crippen LogP contribution in [-0.2, 0) is 11.8 Å². The second kappa shape index (κ2) is 5.64. The molecule has 1 aliphatic heterocycles. The third kappa shape index (κ3) is 2.68. The lowest BCUT2D eigenvalue weighted by molar-refractivity contribution is -0.117. The van der Waals surface area contributed by atoms with Crippen molar-refractivity contribution in [3.05, 3.63) is 30.6 Å². The molecular formula is C13H15N5OS. The largest absolute Gasteiger partial charge is 0.325 e. The van der Waals surface area contributed by atoms with Gasteiger partial charge in [0.05, 0.1) is 6.04 Å². The Labute approximate surface area is 121 Å². The van der Waals surface area contributed by atoms with Gasteiger partial charge in [-0.1, -0.05) is 12.1 Å². The zero-order valence-corrected chi connectivity index (χ0v) is 11.9. The maximum atomic E-state index is 12.1. The number of thioether (sulfide) groups is 1. The Morgan fingerprint density at radius 1 is 1.55 bits per heavy atom. The summed E-state index contributed by atoms with van der Waals surface area (Å²) < 4.78 is 1.84. The highest BCUT2D eigenvalue weighted by atomic mass is 32.2. The van der Waals surface area contributed by atoms with E-state index >= 15 is 0 Å². The molecule has 104 valence electrons. The lowest BCUT2D eigenvalue weighted by Crippen LogP contribution is -2.37. The lowest BCUT2D eigenvalue weighted by atomic mass is 10.2. The number of rotatable bonds is 3. The van der Waals surface area contributed by atoms with Crippen LogP contribution < -0.4 is 10.6 Å². The highest BCUT2D eigenvalue weighted by Crippen LogP contribution is 2.20. The van der Waals surface area contributed by atoms with E-state index in [0.29, 0.717) is 0 Å². The molecule has 0 aliphatic carbocycles. The van der Waals surface area contributed by atoms with Gasteiger partial charge in [0.1, 0.15) is 6.33 Å². The smallest absolute Gasteiger partial charge is 0.242 e. The average Bonchev–Trinajstić information content (AvgIpc) is 3.10. The van der Waals surface area contributed by atoms with Crippen LogP contribution in [-0.4, -0.2) is 38.3 Å². The quantitative estimate of drug-likeness (QED) is 0.885. The summed E-state index contributed by atoms with van der Waals surface area (Å²) in [6.45, 7) is 0. The normalized spacial score (nSPS) is 18.1. The summed E-state index contributed by atoms with van der Waals surface area (Å²) in [4.78, 5) is 12.1. The molecule has 1 saturated heterocycles. The summed E-state index contributed by atoms with van der Waals surface area (Å²) in [7, 11) is 1.89. The lowest BCUT2D eigenvalue weighted by Gasteiger charge is -2.11. The zero-order valence-electron chi connectivity index (χ0n) is 11.0. The molecule has 1 aromatic carbocycles.